The second kappa shape index (κ2) is 3.58. The predicted octanol–water partition coefficient (Wildman–Crippen LogP) is 1.20. The van der Waals surface area contributed by atoms with Crippen molar-refractivity contribution in [3.63, 3.8) is 0 Å². The molecule has 0 aliphatic carbocycles. The van der Waals surface area contributed by atoms with Crippen molar-refractivity contribution >= 4 is 10.8 Å². The first-order valence-electron chi connectivity index (χ1n) is 5.91. The Bertz CT molecular complexity index is 697. The minimum Gasteiger partial charge on any atom is -0.267 e. The van der Waals surface area contributed by atoms with Gasteiger partial charge in [-0.25, -0.2) is 9.36 Å². The van der Waals surface area contributed by atoms with Crippen molar-refractivity contribution < 1.29 is 0 Å². The normalized spacial score (nSPS) is 19.2. The van der Waals surface area contributed by atoms with Crippen LogP contribution >= 0.6 is 0 Å². The molecule has 1 atom stereocenters. The van der Waals surface area contributed by atoms with Gasteiger partial charge in [-0.2, -0.15) is 0 Å². The Hall–Kier alpha value is -1.84. The van der Waals surface area contributed by atoms with Gasteiger partial charge in [0.05, 0.1) is 10.8 Å². The molecule has 17 heavy (non-hydrogen) atoms. The molecule has 1 aliphatic heterocycles. The number of benzene rings is 1. The predicted molar refractivity (Wildman–Crippen MR) is 66.2 cm³/mol. The summed E-state index contributed by atoms with van der Waals surface area (Å²) in [5, 5.41) is 1.06. The summed E-state index contributed by atoms with van der Waals surface area (Å²) in [5.41, 5.74) is -0.0983. The highest BCUT2D eigenvalue weighted by Crippen LogP contribution is 2.13. The summed E-state index contributed by atoms with van der Waals surface area (Å²) in [6.07, 6.45) is 0.956. The van der Waals surface area contributed by atoms with Crippen LogP contribution in [0.5, 0.6) is 0 Å². The SMILES string of the molecule is CC1CCn2c(=O)c3ccccc3c(=O)n2C1. The van der Waals surface area contributed by atoms with Crippen LogP contribution in [-0.2, 0) is 13.1 Å². The van der Waals surface area contributed by atoms with E-state index in [1.54, 1.807) is 33.6 Å². The van der Waals surface area contributed by atoms with Gasteiger partial charge in [-0.15, -0.1) is 0 Å². The van der Waals surface area contributed by atoms with Gasteiger partial charge < -0.3 is 0 Å². The summed E-state index contributed by atoms with van der Waals surface area (Å²) in [5.74, 6) is 0.452. The standard InChI is InChI=1S/C13H14N2O2/c1-9-6-7-14-12(16)10-4-2-3-5-11(10)13(17)15(14)8-9/h2-5,9H,6-8H2,1H3. The molecular formula is C13H14N2O2. The van der Waals surface area contributed by atoms with Crippen LogP contribution in [0.3, 0.4) is 0 Å². The van der Waals surface area contributed by atoms with Gasteiger partial charge in [0.1, 0.15) is 0 Å². The quantitative estimate of drug-likeness (QED) is 0.682. The van der Waals surface area contributed by atoms with Crippen LogP contribution < -0.4 is 11.1 Å². The Kier molecular flexibility index (Phi) is 2.18. The summed E-state index contributed by atoms with van der Waals surface area (Å²) < 4.78 is 3.18. The number of hydrogen-bond acceptors (Lipinski definition) is 2. The van der Waals surface area contributed by atoms with Crippen LogP contribution in [0.4, 0.5) is 0 Å². The fourth-order valence-corrected chi connectivity index (χ4v) is 2.49. The van der Waals surface area contributed by atoms with E-state index in [-0.39, 0.29) is 11.1 Å². The highest BCUT2D eigenvalue weighted by atomic mass is 16.2. The molecule has 0 saturated carbocycles. The van der Waals surface area contributed by atoms with E-state index in [4.69, 9.17) is 0 Å². The summed E-state index contributed by atoms with van der Waals surface area (Å²) >= 11 is 0. The van der Waals surface area contributed by atoms with E-state index in [0.717, 1.165) is 6.42 Å². The first kappa shape index (κ1) is 10.3. The Morgan fingerprint density at radius 2 is 1.65 bits per heavy atom. The molecule has 3 rings (SSSR count). The van der Waals surface area contributed by atoms with E-state index in [0.29, 0.717) is 29.8 Å². The highest BCUT2D eigenvalue weighted by molar-refractivity contribution is 5.80. The molecule has 2 aromatic rings. The number of rotatable bonds is 0. The first-order chi connectivity index (χ1) is 8.18. The summed E-state index contributed by atoms with van der Waals surface area (Å²) in [7, 11) is 0. The Morgan fingerprint density at radius 1 is 1.06 bits per heavy atom. The zero-order valence-electron chi connectivity index (χ0n) is 9.72. The maximum Gasteiger partial charge on any atom is 0.273 e. The largest absolute Gasteiger partial charge is 0.273 e. The molecule has 0 bridgehead atoms. The molecule has 0 radical (unpaired) electrons. The van der Waals surface area contributed by atoms with Crippen molar-refractivity contribution in [2.45, 2.75) is 26.4 Å². The van der Waals surface area contributed by atoms with E-state index < -0.39 is 0 Å². The molecule has 1 unspecified atom stereocenters. The smallest absolute Gasteiger partial charge is 0.267 e. The lowest BCUT2D eigenvalue weighted by Crippen LogP contribution is -2.43. The fourth-order valence-electron chi connectivity index (χ4n) is 2.49. The molecule has 88 valence electrons. The van der Waals surface area contributed by atoms with Crippen molar-refractivity contribution in [2.24, 2.45) is 5.92 Å². The van der Waals surface area contributed by atoms with Gasteiger partial charge in [-0.1, -0.05) is 19.1 Å². The maximum absolute atomic E-state index is 12.3. The van der Waals surface area contributed by atoms with Gasteiger partial charge in [0, 0.05) is 13.1 Å². The van der Waals surface area contributed by atoms with Gasteiger partial charge in [0.15, 0.2) is 0 Å². The summed E-state index contributed by atoms with van der Waals surface area (Å²) in [4.78, 5) is 24.5. The van der Waals surface area contributed by atoms with Crippen LogP contribution in [0.1, 0.15) is 13.3 Å². The Labute approximate surface area is 98.1 Å². The summed E-state index contributed by atoms with van der Waals surface area (Å²) in [6, 6.07) is 7.05. The second-order valence-corrected chi connectivity index (χ2v) is 4.75. The number of fused-ring (bicyclic) bond motifs is 2. The molecular weight excluding hydrogens is 216 g/mol. The lowest BCUT2D eigenvalue weighted by Gasteiger charge is -2.25. The van der Waals surface area contributed by atoms with Crippen LogP contribution in [0.25, 0.3) is 10.8 Å². The minimum atomic E-state index is -0.0493. The number of aromatic nitrogens is 2. The molecule has 4 nitrogen and oxygen atoms in total. The Morgan fingerprint density at radius 3 is 2.29 bits per heavy atom. The minimum absolute atomic E-state index is 0.0490. The van der Waals surface area contributed by atoms with Crippen LogP contribution in [0, 0.1) is 5.92 Å². The molecule has 1 aliphatic rings. The molecule has 1 aromatic carbocycles. The zero-order chi connectivity index (χ0) is 12.0. The van der Waals surface area contributed by atoms with Crippen molar-refractivity contribution in [2.75, 3.05) is 0 Å². The molecule has 2 heterocycles. The van der Waals surface area contributed by atoms with Crippen LogP contribution in [-0.4, -0.2) is 9.36 Å². The average Bonchev–Trinajstić information content (AvgIpc) is 2.36. The van der Waals surface area contributed by atoms with Crippen molar-refractivity contribution in [1.82, 2.24) is 9.36 Å². The first-order valence-corrected chi connectivity index (χ1v) is 5.91. The molecule has 0 fully saturated rings. The van der Waals surface area contributed by atoms with Crippen molar-refractivity contribution in [3.05, 3.63) is 45.0 Å². The van der Waals surface area contributed by atoms with Gasteiger partial charge in [-0.05, 0) is 24.5 Å². The molecule has 0 N–H and O–H groups in total. The lowest BCUT2D eigenvalue weighted by atomic mass is 10.1. The van der Waals surface area contributed by atoms with Crippen molar-refractivity contribution in [3.8, 4) is 0 Å². The van der Waals surface area contributed by atoms with E-state index in [1.165, 1.54) is 0 Å². The Balaban J connectivity index is 2.46. The highest BCUT2D eigenvalue weighted by Gasteiger charge is 2.19. The molecule has 1 aromatic heterocycles. The van der Waals surface area contributed by atoms with Crippen LogP contribution in [0.2, 0.25) is 0 Å². The fraction of sp³-hybridized carbons (Fsp3) is 0.385. The third kappa shape index (κ3) is 1.44. The number of hydrogen-bond donors (Lipinski definition) is 0. The molecule has 4 heteroatoms. The number of nitrogens with zero attached hydrogens (tertiary/aromatic N) is 2. The lowest BCUT2D eigenvalue weighted by molar-refractivity contribution is 0.266. The third-order valence-corrected chi connectivity index (χ3v) is 3.47. The van der Waals surface area contributed by atoms with Gasteiger partial charge in [-0.3, -0.25) is 9.59 Å². The third-order valence-electron chi connectivity index (χ3n) is 3.47. The van der Waals surface area contributed by atoms with Gasteiger partial charge in [0.25, 0.3) is 11.1 Å². The van der Waals surface area contributed by atoms with Crippen LogP contribution in [0.15, 0.2) is 33.9 Å². The zero-order valence-corrected chi connectivity index (χ0v) is 9.72. The molecule has 0 spiro atoms. The van der Waals surface area contributed by atoms with E-state index in [9.17, 15) is 9.59 Å². The maximum atomic E-state index is 12.3. The average molecular weight is 230 g/mol. The monoisotopic (exact) mass is 230 g/mol. The molecule has 0 amide bonds. The van der Waals surface area contributed by atoms with E-state index in [2.05, 4.69) is 6.92 Å². The van der Waals surface area contributed by atoms with Crippen molar-refractivity contribution in [1.29, 1.82) is 0 Å². The topological polar surface area (TPSA) is 44.0 Å². The second-order valence-electron chi connectivity index (χ2n) is 4.75. The van der Waals surface area contributed by atoms with Gasteiger partial charge in [0.2, 0.25) is 0 Å². The van der Waals surface area contributed by atoms with E-state index in [1.807, 2.05) is 0 Å². The molecule has 0 saturated heterocycles. The van der Waals surface area contributed by atoms with E-state index >= 15 is 0 Å². The van der Waals surface area contributed by atoms with Gasteiger partial charge >= 0.3 is 0 Å². The summed E-state index contributed by atoms with van der Waals surface area (Å²) in [6.45, 7) is 3.38.